The van der Waals surface area contributed by atoms with Crippen LogP contribution < -0.4 is 0 Å². The van der Waals surface area contributed by atoms with Crippen molar-refractivity contribution >= 4 is 40.9 Å². The predicted molar refractivity (Wildman–Crippen MR) is 116 cm³/mol. The molecule has 144 valence electrons. The average molecular weight is 406 g/mol. The molecular weight excluding hydrogens is 381 g/mol. The van der Waals surface area contributed by atoms with Crippen LogP contribution in [0, 0.1) is 13.8 Å². The number of aryl methyl sites for hydroxylation is 2. The third-order valence-electron chi connectivity index (χ3n) is 4.30. The van der Waals surface area contributed by atoms with E-state index >= 15 is 0 Å². The molecular formula is C21H25Cl2N3O. The molecule has 0 unspecified atom stereocenters. The summed E-state index contributed by atoms with van der Waals surface area (Å²) in [5, 5.41) is 5.39. The molecule has 0 bridgehead atoms. The molecule has 0 aliphatic rings. The van der Waals surface area contributed by atoms with Gasteiger partial charge in [0.05, 0.1) is 17.7 Å². The second kappa shape index (κ2) is 9.77. The molecule has 4 nitrogen and oxygen atoms in total. The van der Waals surface area contributed by atoms with E-state index in [1.807, 2.05) is 39.1 Å². The molecule has 2 aromatic carbocycles. The zero-order chi connectivity index (χ0) is 20.0. The Kier molecular flexibility index (Phi) is 7.69. The first-order chi connectivity index (χ1) is 12.8. The van der Waals surface area contributed by atoms with Crippen molar-refractivity contribution in [1.82, 2.24) is 4.90 Å². The van der Waals surface area contributed by atoms with Crippen LogP contribution in [0.3, 0.4) is 0 Å². The molecule has 0 aliphatic carbocycles. The van der Waals surface area contributed by atoms with Gasteiger partial charge in [0.15, 0.2) is 0 Å². The van der Waals surface area contributed by atoms with Crippen LogP contribution >= 0.6 is 23.2 Å². The van der Waals surface area contributed by atoms with Gasteiger partial charge in [-0.3, -0.25) is 0 Å². The third kappa shape index (κ3) is 5.72. The number of benzene rings is 2. The number of oxime groups is 1. The topological polar surface area (TPSA) is 37.2 Å². The highest BCUT2D eigenvalue weighted by Crippen LogP contribution is 2.26. The summed E-state index contributed by atoms with van der Waals surface area (Å²) in [5.41, 5.74) is 5.68. The summed E-state index contributed by atoms with van der Waals surface area (Å²) in [5.74, 6) is 0. The van der Waals surface area contributed by atoms with Crippen LogP contribution in [0.15, 0.2) is 40.5 Å². The monoisotopic (exact) mass is 405 g/mol. The normalized spacial score (nSPS) is 11.9. The zero-order valence-corrected chi connectivity index (χ0v) is 17.9. The Morgan fingerprint density at radius 1 is 1.15 bits per heavy atom. The molecule has 0 heterocycles. The molecule has 0 aromatic heterocycles. The second-order valence-electron chi connectivity index (χ2n) is 6.42. The lowest BCUT2D eigenvalue weighted by Crippen LogP contribution is -2.14. The Labute approximate surface area is 171 Å². The predicted octanol–water partition coefficient (Wildman–Crippen LogP) is 6.16. The van der Waals surface area contributed by atoms with Gasteiger partial charge < -0.3 is 9.74 Å². The highest BCUT2D eigenvalue weighted by molar-refractivity contribution is 6.35. The lowest BCUT2D eigenvalue weighted by atomic mass is 10.0. The number of hydrogen-bond donors (Lipinski definition) is 0. The molecule has 0 radical (unpaired) electrons. The van der Waals surface area contributed by atoms with E-state index in [-0.39, 0.29) is 6.61 Å². The minimum atomic E-state index is 0.222. The fourth-order valence-corrected chi connectivity index (χ4v) is 2.99. The van der Waals surface area contributed by atoms with Gasteiger partial charge >= 0.3 is 0 Å². The van der Waals surface area contributed by atoms with Crippen LogP contribution in [0.1, 0.15) is 36.1 Å². The van der Waals surface area contributed by atoms with E-state index in [0.29, 0.717) is 10.0 Å². The fraction of sp³-hybridized carbons (Fsp3) is 0.333. The maximum atomic E-state index is 6.16. The summed E-state index contributed by atoms with van der Waals surface area (Å²) in [7, 11) is 2.00. The van der Waals surface area contributed by atoms with Gasteiger partial charge in [0.2, 0.25) is 0 Å². The van der Waals surface area contributed by atoms with E-state index in [0.717, 1.165) is 40.2 Å². The van der Waals surface area contributed by atoms with E-state index < -0.39 is 0 Å². The first-order valence-electron chi connectivity index (χ1n) is 8.79. The van der Waals surface area contributed by atoms with Crippen molar-refractivity contribution in [2.45, 2.75) is 34.3 Å². The highest BCUT2D eigenvalue weighted by atomic mass is 35.5. The van der Waals surface area contributed by atoms with Crippen molar-refractivity contribution in [2.24, 2.45) is 10.1 Å². The molecule has 0 saturated carbocycles. The summed E-state index contributed by atoms with van der Waals surface area (Å²) < 4.78 is 0. The largest absolute Gasteiger partial charge is 0.391 e. The van der Waals surface area contributed by atoms with Gasteiger partial charge in [-0.25, -0.2) is 4.99 Å². The second-order valence-corrected chi connectivity index (χ2v) is 7.24. The maximum Gasteiger partial charge on any atom is 0.145 e. The van der Waals surface area contributed by atoms with Crippen LogP contribution in [-0.4, -0.2) is 30.5 Å². The SMILES string of the molecule is CCN(C)C=Nc1cc(C)c(C(C)=NOCc2c(Cl)cccc2Cl)cc1C. The van der Waals surface area contributed by atoms with Crippen molar-refractivity contribution in [3.8, 4) is 0 Å². The molecule has 6 heteroatoms. The lowest BCUT2D eigenvalue weighted by molar-refractivity contribution is 0.130. The molecule has 0 saturated heterocycles. The van der Waals surface area contributed by atoms with Crippen LogP contribution in [-0.2, 0) is 11.4 Å². The van der Waals surface area contributed by atoms with Gasteiger partial charge in [-0.05, 0) is 63.1 Å². The van der Waals surface area contributed by atoms with Crippen molar-refractivity contribution in [3.05, 3.63) is 62.6 Å². The smallest absolute Gasteiger partial charge is 0.145 e. The number of aliphatic imine (C=N–C) groups is 1. The Morgan fingerprint density at radius 3 is 2.44 bits per heavy atom. The highest BCUT2D eigenvalue weighted by Gasteiger charge is 2.09. The van der Waals surface area contributed by atoms with Gasteiger partial charge in [0, 0.05) is 34.8 Å². The van der Waals surface area contributed by atoms with E-state index in [1.54, 1.807) is 18.2 Å². The van der Waals surface area contributed by atoms with Crippen LogP contribution in [0.5, 0.6) is 0 Å². The molecule has 0 N–H and O–H groups in total. The van der Waals surface area contributed by atoms with Gasteiger partial charge in [0.25, 0.3) is 0 Å². The van der Waals surface area contributed by atoms with E-state index in [9.17, 15) is 0 Å². The molecule has 0 fully saturated rings. The van der Waals surface area contributed by atoms with Gasteiger partial charge in [0.1, 0.15) is 6.61 Å². The number of halogens is 2. The molecule has 27 heavy (non-hydrogen) atoms. The van der Waals surface area contributed by atoms with Crippen molar-refractivity contribution in [1.29, 1.82) is 0 Å². The summed E-state index contributed by atoms with van der Waals surface area (Å²) in [6, 6.07) is 9.52. The summed E-state index contributed by atoms with van der Waals surface area (Å²) in [6.07, 6.45) is 1.85. The van der Waals surface area contributed by atoms with Crippen molar-refractivity contribution < 1.29 is 4.84 Å². The van der Waals surface area contributed by atoms with Gasteiger partial charge in [-0.1, -0.05) is 34.4 Å². The quantitative estimate of drug-likeness (QED) is 0.314. The van der Waals surface area contributed by atoms with Crippen molar-refractivity contribution in [3.63, 3.8) is 0 Å². The summed E-state index contributed by atoms with van der Waals surface area (Å²) in [4.78, 5) is 12.1. The number of rotatable bonds is 7. The first kappa shape index (κ1) is 21.3. The molecule has 2 rings (SSSR count). The summed E-state index contributed by atoms with van der Waals surface area (Å²) >= 11 is 12.3. The Morgan fingerprint density at radius 2 is 1.81 bits per heavy atom. The van der Waals surface area contributed by atoms with Crippen LogP contribution in [0.25, 0.3) is 0 Å². The molecule has 0 spiro atoms. The third-order valence-corrected chi connectivity index (χ3v) is 5.01. The molecule has 0 aliphatic heterocycles. The van der Waals surface area contributed by atoms with E-state index in [4.69, 9.17) is 28.0 Å². The minimum Gasteiger partial charge on any atom is -0.391 e. The van der Waals surface area contributed by atoms with Gasteiger partial charge in [-0.15, -0.1) is 0 Å². The lowest BCUT2D eigenvalue weighted by Gasteiger charge is -2.12. The standard InChI is InChI=1S/C21H25Cl2N3O/c1-6-26(5)13-24-21-11-14(2)17(10-15(21)3)16(4)25-27-12-18-19(22)8-7-9-20(18)23/h7-11,13H,6,12H2,1-5H3. The Hall–Kier alpha value is -2.04. The molecule has 0 atom stereocenters. The summed E-state index contributed by atoms with van der Waals surface area (Å²) in [6.45, 7) is 9.23. The maximum absolute atomic E-state index is 6.16. The van der Waals surface area contributed by atoms with Crippen LogP contribution in [0.4, 0.5) is 5.69 Å². The Bertz CT molecular complexity index is 842. The number of hydrogen-bond acceptors (Lipinski definition) is 3. The van der Waals surface area contributed by atoms with Crippen LogP contribution in [0.2, 0.25) is 10.0 Å². The average Bonchev–Trinajstić information content (AvgIpc) is 2.63. The Balaban J connectivity index is 2.16. The zero-order valence-electron chi connectivity index (χ0n) is 16.4. The minimum absolute atomic E-state index is 0.222. The first-order valence-corrected chi connectivity index (χ1v) is 9.54. The fourth-order valence-electron chi connectivity index (χ4n) is 2.49. The van der Waals surface area contributed by atoms with E-state index in [1.165, 1.54) is 0 Å². The van der Waals surface area contributed by atoms with Gasteiger partial charge in [-0.2, -0.15) is 0 Å². The molecule has 2 aromatic rings. The number of nitrogens with zero attached hydrogens (tertiary/aromatic N) is 3. The van der Waals surface area contributed by atoms with Crippen molar-refractivity contribution in [2.75, 3.05) is 13.6 Å². The van der Waals surface area contributed by atoms with E-state index in [2.05, 4.69) is 29.2 Å². The molecule has 0 amide bonds.